The Morgan fingerprint density at radius 2 is 1.69 bits per heavy atom. The van der Waals surface area contributed by atoms with Crippen molar-refractivity contribution in [2.75, 3.05) is 6.61 Å². The molecule has 1 aliphatic rings. The normalized spacial score (nSPS) is 19.6. The second-order valence-electron chi connectivity index (χ2n) is 4.90. The van der Waals surface area contributed by atoms with Crippen LogP contribution in [0.3, 0.4) is 0 Å². The molecule has 1 fully saturated rings. The zero-order chi connectivity index (χ0) is 11.4. The minimum atomic E-state index is 0.0192. The van der Waals surface area contributed by atoms with Crippen LogP contribution < -0.4 is 5.73 Å². The number of hydrogen-bond acceptors (Lipinski definition) is 2. The monoisotopic (exact) mass is 219 g/mol. The van der Waals surface area contributed by atoms with E-state index in [9.17, 15) is 5.11 Å². The van der Waals surface area contributed by atoms with E-state index in [-0.39, 0.29) is 12.0 Å². The molecule has 0 spiro atoms. The first-order valence-electron chi connectivity index (χ1n) is 6.21. The van der Waals surface area contributed by atoms with Crippen LogP contribution in [0.2, 0.25) is 0 Å². The van der Waals surface area contributed by atoms with Crippen LogP contribution >= 0.6 is 0 Å². The Balaban J connectivity index is 2.24. The standard InChI is InChI=1S/C14H21NO/c15-10-12-4-6-13(7-5-12)14(11-16)8-2-1-3-9-14/h4-7,16H,1-3,8-11,15H2. The van der Waals surface area contributed by atoms with Crippen molar-refractivity contribution in [1.82, 2.24) is 0 Å². The van der Waals surface area contributed by atoms with Crippen molar-refractivity contribution in [3.8, 4) is 0 Å². The van der Waals surface area contributed by atoms with Gasteiger partial charge in [-0.15, -0.1) is 0 Å². The highest BCUT2D eigenvalue weighted by Gasteiger charge is 2.32. The lowest BCUT2D eigenvalue weighted by Crippen LogP contribution is -2.33. The second kappa shape index (κ2) is 4.98. The first-order chi connectivity index (χ1) is 7.80. The highest BCUT2D eigenvalue weighted by Crippen LogP contribution is 2.38. The van der Waals surface area contributed by atoms with Gasteiger partial charge in [0.1, 0.15) is 0 Å². The Labute approximate surface area is 97.5 Å². The van der Waals surface area contributed by atoms with E-state index in [1.54, 1.807) is 0 Å². The molecule has 1 aromatic rings. The zero-order valence-electron chi connectivity index (χ0n) is 9.78. The molecule has 2 rings (SSSR count). The van der Waals surface area contributed by atoms with E-state index in [0.717, 1.165) is 18.4 Å². The second-order valence-corrected chi connectivity index (χ2v) is 4.90. The number of aliphatic hydroxyl groups excluding tert-OH is 1. The van der Waals surface area contributed by atoms with E-state index >= 15 is 0 Å². The van der Waals surface area contributed by atoms with E-state index in [1.807, 2.05) is 0 Å². The summed E-state index contributed by atoms with van der Waals surface area (Å²) in [5.41, 5.74) is 8.06. The molecule has 0 amide bonds. The molecule has 2 heteroatoms. The molecule has 2 nitrogen and oxygen atoms in total. The summed E-state index contributed by atoms with van der Waals surface area (Å²) in [6, 6.07) is 8.45. The highest BCUT2D eigenvalue weighted by atomic mass is 16.3. The molecule has 88 valence electrons. The van der Waals surface area contributed by atoms with Gasteiger partial charge < -0.3 is 10.8 Å². The van der Waals surface area contributed by atoms with Crippen LogP contribution in [-0.2, 0) is 12.0 Å². The van der Waals surface area contributed by atoms with Gasteiger partial charge in [0.2, 0.25) is 0 Å². The fourth-order valence-electron chi connectivity index (χ4n) is 2.76. The number of aliphatic hydroxyl groups is 1. The molecule has 1 saturated carbocycles. The van der Waals surface area contributed by atoms with Gasteiger partial charge in [-0.05, 0) is 24.0 Å². The van der Waals surface area contributed by atoms with Crippen LogP contribution in [0.1, 0.15) is 43.2 Å². The summed E-state index contributed by atoms with van der Waals surface area (Å²) >= 11 is 0. The Kier molecular flexibility index (Phi) is 3.62. The Hall–Kier alpha value is -0.860. The maximum Gasteiger partial charge on any atom is 0.0527 e. The summed E-state index contributed by atoms with van der Waals surface area (Å²) in [7, 11) is 0. The van der Waals surface area contributed by atoms with Crippen LogP contribution in [0, 0.1) is 0 Å². The predicted molar refractivity (Wildman–Crippen MR) is 66.2 cm³/mol. The molecule has 0 atom stereocenters. The van der Waals surface area contributed by atoms with E-state index in [0.29, 0.717) is 6.54 Å². The van der Waals surface area contributed by atoms with Crippen molar-refractivity contribution in [3.63, 3.8) is 0 Å². The number of nitrogens with two attached hydrogens (primary N) is 1. The van der Waals surface area contributed by atoms with Gasteiger partial charge in [0.15, 0.2) is 0 Å². The molecule has 0 aromatic heterocycles. The number of rotatable bonds is 3. The van der Waals surface area contributed by atoms with Gasteiger partial charge in [0, 0.05) is 12.0 Å². The van der Waals surface area contributed by atoms with Gasteiger partial charge in [-0.25, -0.2) is 0 Å². The average Bonchev–Trinajstić information content (AvgIpc) is 2.39. The molecular formula is C14H21NO. The summed E-state index contributed by atoms with van der Waals surface area (Å²) < 4.78 is 0. The summed E-state index contributed by atoms with van der Waals surface area (Å²) in [5, 5.41) is 9.70. The van der Waals surface area contributed by atoms with Crippen molar-refractivity contribution < 1.29 is 5.11 Å². The Morgan fingerprint density at radius 1 is 1.06 bits per heavy atom. The van der Waals surface area contributed by atoms with Gasteiger partial charge >= 0.3 is 0 Å². The van der Waals surface area contributed by atoms with Crippen molar-refractivity contribution >= 4 is 0 Å². The molecular weight excluding hydrogens is 198 g/mol. The maximum atomic E-state index is 9.70. The molecule has 0 heterocycles. The van der Waals surface area contributed by atoms with Gasteiger partial charge in [-0.1, -0.05) is 43.5 Å². The minimum absolute atomic E-state index is 0.0192. The summed E-state index contributed by atoms with van der Waals surface area (Å²) in [5.74, 6) is 0. The van der Waals surface area contributed by atoms with Crippen LogP contribution in [0.15, 0.2) is 24.3 Å². The summed E-state index contributed by atoms with van der Waals surface area (Å²) in [6.45, 7) is 0.862. The van der Waals surface area contributed by atoms with Crippen LogP contribution in [0.4, 0.5) is 0 Å². The predicted octanol–water partition coefficient (Wildman–Crippen LogP) is 2.34. The molecule has 0 saturated heterocycles. The number of hydrogen-bond donors (Lipinski definition) is 2. The van der Waals surface area contributed by atoms with E-state index < -0.39 is 0 Å². The quantitative estimate of drug-likeness (QED) is 0.819. The third-order valence-corrected chi connectivity index (χ3v) is 3.92. The van der Waals surface area contributed by atoms with Crippen molar-refractivity contribution in [2.24, 2.45) is 5.73 Å². The fraction of sp³-hybridized carbons (Fsp3) is 0.571. The molecule has 0 aliphatic heterocycles. The van der Waals surface area contributed by atoms with Crippen LogP contribution in [0.5, 0.6) is 0 Å². The largest absolute Gasteiger partial charge is 0.395 e. The van der Waals surface area contributed by atoms with Crippen molar-refractivity contribution in [1.29, 1.82) is 0 Å². The van der Waals surface area contributed by atoms with Gasteiger partial charge in [0.05, 0.1) is 6.61 Å². The lowest BCUT2D eigenvalue weighted by molar-refractivity contribution is 0.152. The zero-order valence-corrected chi connectivity index (χ0v) is 9.78. The summed E-state index contributed by atoms with van der Waals surface area (Å²) in [6.07, 6.45) is 6.01. The van der Waals surface area contributed by atoms with E-state index in [1.165, 1.54) is 24.8 Å². The van der Waals surface area contributed by atoms with Gasteiger partial charge in [-0.3, -0.25) is 0 Å². The van der Waals surface area contributed by atoms with Crippen molar-refractivity contribution in [2.45, 2.75) is 44.1 Å². The lowest BCUT2D eigenvalue weighted by atomic mass is 9.70. The molecule has 0 bridgehead atoms. The molecule has 0 radical (unpaired) electrons. The van der Waals surface area contributed by atoms with E-state index in [4.69, 9.17) is 5.73 Å². The summed E-state index contributed by atoms with van der Waals surface area (Å²) in [4.78, 5) is 0. The first-order valence-corrected chi connectivity index (χ1v) is 6.21. The smallest absolute Gasteiger partial charge is 0.0527 e. The molecule has 0 unspecified atom stereocenters. The minimum Gasteiger partial charge on any atom is -0.395 e. The topological polar surface area (TPSA) is 46.2 Å². The molecule has 1 aliphatic carbocycles. The fourth-order valence-corrected chi connectivity index (χ4v) is 2.76. The van der Waals surface area contributed by atoms with Crippen LogP contribution in [-0.4, -0.2) is 11.7 Å². The SMILES string of the molecule is NCc1ccc(C2(CO)CCCCC2)cc1. The molecule has 1 aromatic carbocycles. The first kappa shape index (κ1) is 11.6. The third-order valence-electron chi connectivity index (χ3n) is 3.92. The lowest BCUT2D eigenvalue weighted by Gasteiger charge is -2.36. The van der Waals surface area contributed by atoms with Gasteiger partial charge in [0.25, 0.3) is 0 Å². The van der Waals surface area contributed by atoms with Crippen LogP contribution in [0.25, 0.3) is 0 Å². The third kappa shape index (κ3) is 2.13. The highest BCUT2D eigenvalue weighted by molar-refractivity contribution is 5.30. The Morgan fingerprint density at radius 3 is 2.19 bits per heavy atom. The van der Waals surface area contributed by atoms with Crippen molar-refractivity contribution in [3.05, 3.63) is 35.4 Å². The number of benzene rings is 1. The maximum absolute atomic E-state index is 9.70. The van der Waals surface area contributed by atoms with Gasteiger partial charge in [-0.2, -0.15) is 0 Å². The molecule has 16 heavy (non-hydrogen) atoms. The van der Waals surface area contributed by atoms with E-state index in [2.05, 4.69) is 24.3 Å². The molecule has 3 N–H and O–H groups in total. The Bertz CT molecular complexity index is 325. The average molecular weight is 219 g/mol.